The lowest BCUT2D eigenvalue weighted by Gasteiger charge is -2.31. The smallest absolute Gasteiger partial charge is 0.255 e. The molecule has 6 heterocycles. The Labute approximate surface area is 328 Å². The monoisotopic (exact) mass is 770 g/mol. The first-order valence-electron chi connectivity index (χ1n) is 19.8. The predicted octanol–water partition coefficient (Wildman–Crippen LogP) is 4.99. The van der Waals surface area contributed by atoms with Crippen LogP contribution in [0.2, 0.25) is 0 Å². The van der Waals surface area contributed by atoms with Crippen molar-refractivity contribution >= 4 is 35.3 Å². The topological polar surface area (TPSA) is 183 Å². The molecule has 3 N–H and O–H groups in total. The van der Waals surface area contributed by atoms with Gasteiger partial charge in [-0.1, -0.05) is 31.4 Å². The van der Waals surface area contributed by atoms with Gasteiger partial charge in [-0.3, -0.25) is 29.2 Å². The SMILES string of the molecule is CN1Cc2c(c(C#N)nn2C2CCCCCC2Cc2ccc3c(c2)C(=O)N(C2CCC(=O)NC2=O)C3)-c2cnc(N)c(n2)N2CCC[C@@H]2c2cc(F)ccc2C1=O. The fourth-order valence-corrected chi connectivity index (χ4v) is 9.77. The number of carbonyl (C=O) groups is 4. The summed E-state index contributed by atoms with van der Waals surface area (Å²) in [5, 5.41) is 18.0. The molecule has 1 saturated carbocycles. The number of rotatable bonds is 4. The van der Waals surface area contributed by atoms with Crippen LogP contribution in [0, 0.1) is 23.1 Å². The summed E-state index contributed by atoms with van der Waals surface area (Å²) in [6, 6.07) is 11.3. The van der Waals surface area contributed by atoms with Crippen molar-refractivity contribution in [2.75, 3.05) is 24.2 Å². The number of piperidine rings is 1. The largest absolute Gasteiger partial charge is 0.381 e. The van der Waals surface area contributed by atoms with Gasteiger partial charge in [-0.05, 0) is 85.4 Å². The first-order valence-corrected chi connectivity index (χ1v) is 19.8. The molecular formula is C42H43FN10O4. The summed E-state index contributed by atoms with van der Waals surface area (Å²) in [5.41, 5.74) is 11.6. The van der Waals surface area contributed by atoms with Crippen LogP contribution >= 0.6 is 0 Å². The average Bonchev–Trinajstić information content (AvgIpc) is 3.86. The van der Waals surface area contributed by atoms with Crippen molar-refractivity contribution in [2.24, 2.45) is 5.92 Å². The van der Waals surface area contributed by atoms with Gasteiger partial charge in [0, 0.05) is 37.7 Å². The van der Waals surface area contributed by atoms with E-state index in [4.69, 9.17) is 15.8 Å². The van der Waals surface area contributed by atoms with Gasteiger partial charge in [0.1, 0.15) is 17.9 Å². The number of nitrogens with zero attached hydrogens (tertiary/aromatic N) is 8. The maximum atomic E-state index is 14.9. The number of hydrogen-bond donors (Lipinski definition) is 2. The second kappa shape index (κ2) is 14.4. The molecule has 14 nitrogen and oxygen atoms in total. The molecule has 5 aliphatic rings. The third kappa shape index (κ3) is 6.36. The Balaban J connectivity index is 1.11. The fourth-order valence-electron chi connectivity index (χ4n) is 9.77. The van der Waals surface area contributed by atoms with E-state index in [1.165, 1.54) is 12.1 Å². The van der Waals surface area contributed by atoms with Gasteiger partial charge in [-0.2, -0.15) is 10.4 Å². The number of anilines is 2. The molecule has 2 aromatic heterocycles. The van der Waals surface area contributed by atoms with Crippen molar-refractivity contribution in [3.8, 4) is 17.3 Å². The minimum absolute atomic E-state index is 0.0633. The number of nitriles is 1. The highest BCUT2D eigenvalue weighted by Gasteiger charge is 2.40. The van der Waals surface area contributed by atoms with Gasteiger partial charge >= 0.3 is 0 Å². The summed E-state index contributed by atoms with van der Waals surface area (Å²) in [4.78, 5) is 67.3. The molecule has 1 aliphatic carbocycles. The van der Waals surface area contributed by atoms with Crippen LogP contribution < -0.4 is 16.0 Å². The Kier molecular flexibility index (Phi) is 9.21. The molecule has 2 saturated heterocycles. The molecule has 57 heavy (non-hydrogen) atoms. The lowest BCUT2D eigenvalue weighted by atomic mass is 9.87. The number of benzene rings is 2. The molecule has 15 heteroatoms. The lowest BCUT2D eigenvalue weighted by Crippen LogP contribution is -2.52. The van der Waals surface area contributed by atoms with Gasteiger partial charge < -0.3 is 20.4 Å². The molecule has 0 spiro atoms. The number of halogens is 1. The van der Waals surface area contributed by atoms with Crippen molar-refractivity contribution < 1.29 is 23.6 Å². The van der Waals surface area contributed by atoms with Crippen LogP contribution in [-0.2, 0) is 29.1 Å². The van der Waals surface area contributed by atoms with Gasteiger partial charge in [0.2, 0.25) is 11.8 Å². The Morgan fingerprint density at radius 2 is 1.77 bits per heavy atom. The summed E-state index contributed by atoms with van der Waals surface area (Å²) in [6.45, 7) is 0.988. The standard InChI is InChI=1S/C42H43FN10O4/c1-50-22-35-37(31-20-46-38(45)39(47-31)51-15-5-8-33(51)29-18-26(43)11-12-27(29)41(50)56)30(19-44)49-53(35)32-7-4-2-3-6-24(32)16-23-9-10-25-21-52(42(57)28(25)17-23)34-13-14-36(54)48-40(34)55/h9-12,17-18,20,24,32-34H,2-8,13-16,21-22H2,1H3,(H2,45,46)(H,48,54,55)/t24?,32?,33-,34?/m1/s1. The van der Waals surface area contributed by atoms with Gasteiger partial charge in [-0.25, -0.2) is 14.4 Å². The second-order valence-electron chi connectivity index (χ2n) is 16.0. The summed E-state index contributed by atoms with van der Waals surface area (Å²) >= 11 is 0. The number of imide groups is 1. The molecule has 292 valence electrons. The van der Waals surface area contributed by atoms with Crippen LogP contribution in [0.5, 0.6) is 0 Å². The molecule has 4 aromatic rings. The highest BCUT2D eigenvalue weighted by molar-refractivity contribution is 6.05. The van der Waals surface area contributed by atoms with Gasteiger partial charge in [0.25, 0.3) is 11.8 Å². The molecule has 3 fully saturated rings. The zero-order chi connectivity index (χ0) is 39.5. The predicted molar refractivity (Wildman–Crippen MR) is 206 cm³/mol. The lowest BCUT2D eigenvalue weighted by molar-refractivity contribution is -0.136. The number of carbonyl (C=O) groups excluding carboxylic acids is 4. The van der Waals surface area contributed by atoms with E-state index < -0.39 is 17.8 Å². The Morgan fingerprint density at radius 3 is 2.60 bits per heavy atom. The van der Waals surface area contributed by atoms with Crippen LogP contribution in [0.1, 0.15) is 119 Å². The van der Waals surface area contributed by atoms with E-state index in [9.17, 15) is 28.8 Å². The molecule has 2 aromatic carbocycles. The van der Waals surface area contributed by atoms with E-state index in [0.29, 0.717) is 71.8 Å². The quantitative estimate of drug-likeness (QED) is 0.212. The minimum Gasteiger partial charge on any atom is -0.381 e. The Hall–Kier alpha value is -6.17. The summed E-state index contributed by atoms with van der Waals surface area (Å²) in [5.74, 6) is -1.01. The number of amides is 4. The van der Waals surface area contributed by atoms with Crippen LogP contribution in [0.15, 0.2) is 42.6 Å². The first-order chi connectivity index (χ1) is 27.6. The third-order valence-corrected chi connectivity index (χ3v) is 12.5. The van der Waals surface area contributed by atoms with Crippen LogP contribution in [0.4, 0.5) is 16.0 Å². The van der Waals surface area contributed by atoms with Crippen molar-refractivity contribution in [3.63, 3.8) is 0 Å². The van der Waals surface area contributed by atoms with Crippen molar-refractivity contribution in [2.45, 2.75) is 95.4 Å². The summed E-state index contributed by atoms with van der Waals surface area (Å²) in [6.07, 6.45) is 8.77. The number of nitrogens with one attached hydrogen (secondary N) is 1. The van der Waals surface area contributed by atoms with Crippen LogP contribution in [0.3, 0.4) is 0 Å². The zero-order valence-corrected chi connectivity index (χ0v) is 31.7. The fraction of sp³-hybridized carbons (Fsp3) is 0.429. The minimum atomic E-state index is -0.689. The number of hydrogen-bond acceptors (Lipinski definition) is 10. The number of nitrogen functional groups attached to an aromatic ring is 1. The normalized spacial score (nSPS) is 23.4. The maximum Gasteiger partial charge on any atom is 0.255 e. The van der Waals surface area contributed by atoms with Gasteiger partial charge in [0.05, 0.1) is 41.8 Å². The van der Waals surface area contributed by atoms with Crippen molar-refractivity contribution in [3.05, 3.63) is 87.6 Å². The molecule has 0 radical (unpaired) electrons. The highest BCUT2D eigenvalue weighted by atomic mass is 19.1. The van der Waals surface area contributed by atoms with E-state index in [-0.39, 0.29) is 60.2 Å². The average molecular weight is 771 g/mol. The van der Waals surface area contributed by atoms with E-state index in [1.807, 2.05) is 27.8 Å². The highest BCUT2D eigenvalue weighted by Crippen LogP contribution is 2.43. The van der Waals surface area contributed by atoms with E-state index in [1.54, 1.807) is 29.1 Å². The molecular weight excluding hydrogens is 728 g/mol. The Morgan fingerprint density at radius 1 is 0.930 bits per heavy atom. The molecule has 2 bridgehead atoms. The number of aromatic nitrogens is 4. The van der Waals surface area contributed by atoms with E-state index >= 15 is 0 Å². The van der Waals surface area contributed by atoms with Crippen molar-refractivity contribution in [1.82, 2.24) is 34.9 Å². The van der Waals surface area contributed by atoms with E-state index in [2.05, 4.69) is 16.4 Å². The molecule has 4 amide bonds. The Bertz CT molecular complexity index is 2390. The van der Waals surface area contributed by atoms with Crippen LogP contribution in [-0.4, -0.2) is 72.8 Å². The van der Waals surface area contributed by atoms with Gasteiger partial charge in [-0.15, -0.1) is 0 Å². The second-order valence-corrected chi connectivity index (χ2v) is 16.0. The molecule has 9 rings (SSSR count). The van der Waals surface area contributed by atoms with Gasteiger partial charge in [0.15, 0.2) is 17.3 Å². The third-order valence-electron chi connectivity index (χ3n) is 12.5. The number of fused-ring (bicyclic) bond motifs is 9. The number of nitrogens with two attached hydrogens (primary N) is 1. The molecule has 3 unspecified atom stereocenters. The van der Waals surface area contributed by atoms with E-state index in [0.717, 1.165) is 49.7 Å². The molecule has 4 aliphatic heterocycles. The summed E-state index contributed by atoms with van der Waals surface area (Å²) in [7, 11) is 1.71. The summed E-state index contributed by atoms with van der Waals surface area (Å²) < 4.78 is 16.8. The van der Waals surface area contributed by atoms with Crippen molar-refractivity contribution in [1.29, 1.82) is 5.26 Å². The maximum absolute atomic E-state index is 14.9. The first kappa shape index (κ1) is 36.5. The molecule has 4 atom stereocenters. The zero-order valence-electron chi connectivity index (χ0n) is 31.7. The van der Waals surface area contributed by atoms with Crippen LogP contribution in [0.25, 0.3) is 11.3 Å².